The third-order valence-electron chi connectivity index (χ3n) is 8.31. The molecule has 1 aliphatic rings. The van der Waals surface area contributed by atoms with Gasteiger partial charge in [-0.3, -0.25) is 14.6 Å². The molecular weight excluding hydrogens is 554 g/mol. The number of ether oxygens (including phenoxy) is 2. The van der Waals surface area contributed by atoms with Crippen LogP contribution in [0.3, 0.4) is 0 Å². The molecule has 1 unspecified atom stereocenters. The Bertz CT molecular complexity index is 1170. The van der Waals surface area contributed by atoms with Gasteiger partial charge in [-0.25, -0.2) is 9.97 Å². The van der Waals surface area contributed by atoms with Crippen LogP contribution < -0.4 is 0 Å². The molecule has 0 spiro atoms. The Morgan fingerprint density at radius 3 is 2.50 bits per heavy atom. The summed E-state index contributed by atoms with van der Waals surface area (Å²) in [7, 11) is 2.03. The molecule has 1 aliphatic heterocycles. The van der Waals surface area contributed by atoms with Gasteiger partial charge in [0.1, 0.15) is 18.3 Å². The van der Waals surface area contributed by atoms with Crippen LogP contribution in [-0.2, 0) is 34.4 Å². The average Bonchev–Trinajstić information content (AvgIpc) is 3.82. The highest BCUT2D eigenvalue weighted by molar-refractivity contribution is 5.71. The molecule has 10 heteroatoms. The van der Waals surface area contributed by atoms with Crippen LogP contribution in [0.1, 0.15) is 75.6 Å². The Hall–Kier alpha value is -3.05. The van der Waals surface area contributed by atoms with Crippen LogP contribution in [0.25, 0.3) is 0 Å². The third kappa shape index (κ3) is 11.1. The number of esters is 1. The molecule has 1 N–H and O–H groups in total. The Morgan fingerprint density at radius 2 is 1.84 bits per heavy atom. The van der Waals surface area contributed by atoms with Gasteiger partial charge in [-0.1, -0.05) is 44.2 Å². The Labute approximate surface area is 263 Å². The lowest BCUT2D eigenvalue weighted by molar-refractivity contribution is -0.149. The van der Waals surface area contributed by atoms with Gasteiger partial charge in [-0.15, -0.1) is 0 Å². The molecule has 0 bridgehead atoms. The van der Waals surface area contributed by atoms with E-state index in [2.05, 4.69) is 72.3 Å². The lowest BCUT2D eigenvalue weighted by Gasteiger charge is -2.35. The standard InChI is InChI=1S/C34H53N7O3/c1-4-18-39(19-5-2)20-9-10-21-41(27-34(42)44-28-30-14-11-23-43-30)31(29-12-7-6-8-13-29)24-40(25-32-35-15-16-36-32)26-33-37-17-22-38(33)3/h6-8,12-13,15-17,22,30-31H,4-5,9-11,14,18-21,23-28H2,1-3H3,(H,35,36)/t30-,31?/m1/s1. The number of carbonyl (C=O) groups excluding carboxylic acids is 1. The molecular formula is C34H53N7O3. The molecule has 10 nitrogen and oxygen atoms in total. The summed E-state index contributed by atoms with van der Waals surface area (Å²) in [5, 5.41) is 0. The number of hydrogen-bond donors (Lipinski definition) is 1. The zero-order chi connectivity index (χ0) is 31.0. The molecule has 2 atom stereocenters. The van der Waals surface area contributed by atoms with Gasteiger partial charge in [-0.2, -0.15) is 0 Å². The van der Waals surface area contributed by atoms with Crippen LogP contribution in [0.15, 0.2) is 55.1 Å². The Kier molecular flexibility index (Phi) is 14.4. The zero-order valence-electron chi connectivity index (χ0n) is 27.1. The summed E-state index contributed by atoms with van der Waals surface area (Å²) in [6.45, 7) is 12.0. The number of imidazole rings is 2. The van der Waals surface area contributed by atoms with Crippen molar-refractivity contribution in [1.82, 2.24) is 34.2 Å². The minimum atomic E-state index is -0.193. The number of aromatic amines is 1. The third-order valence-corrected chi connectivity index (χ3v) is 8.31. The summed E-state index contributed by atoms with van der Waals surface area (Å²) >= 11 is 0. The first-order valence-electron chi connectivity index (χ1n) is 16.5. The summed E-state index contributed by atoms with van der Waals surface area (Å²) in [6, 6.07) is 10.5. The Balaban J connectivity index is 1.53. The fourth-order valence-corrected chi connectivity index (χ4v) is 6.02. The SMILES string of the molecule is CCCN(CCC)CCCCN(CC(=O)OC[C@H]1CCCO1)C(CN(Cc1ncc[nH]1)Cc1nccn1C)c1ccccc1. The number of carbonyl (C=O) groups is 1. The minimum absolute atomic E-state index is 0.0157. The molecule has 44 heavy (non-hydrogen) atoms. The van der Waals surface area contributed by atoms with E-state index in [1.807, 2.05) is 31.7 Å². The molecule has 3 aromatic rings. The molecule has 4 rings (SSSR count). The van der Waals surface area contributed by atoms with Crippen LogP contribution in [-0.4, -0.2) is 98.8 Å². The highest BCUT2D eigenvalue weighted by Crippen LogP contribution is 2.25. The maximum Gasteiger partial charge on any atom is 0.320 e. The zero-order valence-corrected chi connectivity index (χ0v) is 27.1. The van der Waals surface area contributed by atoms with Crippen LogP contribution in [0.5, 0.6) is 0 Å². The van der Waals surface area contributed by atoms with Crippen molar-refractivity contribution in [3.05, 3.63) is 72.3 Å². The van der Waals surface area contributed by atoms with E-state index < -0.39 is 0 Å². The molecule has 1 aromatic carbocycles. The van der Waals surface area contributed by atoms with Crippen LogP contribution in [0, 0.1) is 0 Å². The number of benzene rings is 1. The van der Waals surface area contributed by atoms with Crippen molar-refractivity contribution in [2.24, 2.45) is 7.05 Å². The molecule has 242 valence electrons. The van der Waals surface area contributed by atoms with E-state index in [-0.39, 0.29) is 24.7 Å². The summed E-state index contributed by atoms with van der Waals surface area (Å²) < 4.78 is 13.6. The smallest absolute Gasteiger partial charge is 0.320 e. The fourth-order valence-electron chi connectivity index (χ4n) is 6.02. The van der Waals surface area contributed by atoms with Crippen molar-refractivity contribution >= 4 is 5.97 Å². The molecule has 2 aromatic heterocycles. The van der Waals surface area contributed by atoms with Gasteiger partial charge in [0.15, 0.2) is 0 Å². The molecule has 0 amide bonds. The number of hydrogen-bond acceptors (Lipinski definition) is 8. The van der Waals surface area contributed by atoms with E-state index in [1.165, 1.54) is 18.4 Å². The van der Waals surface area contributed by atoms with E-state index in [0.717, 1.165) is 70.1 Å². The lowest BCUT2D eigenvalue weighted by atomic mass is 10.0. The van der Waals surface area contributed by atoms with E-state index in [9.17, 15) is 4.79 Å². The summed E-state index contributed by atoms with van der Waals surface area (Å²) in [4.78, 5) is 33.0. The van der Waals surface area contributed by atoms with Crippen molar-refractivity contribution in [2.45, 2.75) is 77.6 Å². The van der Waals surface area contributed by atoms with E-state index in [0.29, 0.717) is 26.2 Å². The second-order valence-corrected chi connectivity index (χ2v) is 11.9. The van der Waals surface area contributed by atoms with Gasteiger partial charge >= 0.3 is 5.97 Å². The summed E-state index contributed by atoms with van der Waals surface area (Å²) in [5.74, 6) is 1.69. The van der Waals surface area contributed by atoms with E-state index >= 15 is 0 Å². The van der Waals surface area contributed by atoms with E-state index in [1.54, 1.807) is 6.20 Å². The van der Waals surface area contributed by atoms with Crippen molar-refractivity contribution in [3.63, 3.8) is 0 Å². The number of nitrogens with one attached hydrogen (secondary N) is 1. The highest BCUT2D eigenvalue weighted by atomic mass is 16.6. The maximum absolute atomic E-state index is 13.3. The quantitative estimate of drug-likeness (QED) is 0.136. The van der Waals surface area contributed by atoms with Gasteiger partial charge in [0.05, 0.1) is 25.7 Å². The average molecular weight is 608 g/mol. The number of aromatic nitrogens is 4. The first-order valence-corrected chi connectivity index (χ1v) is 16.5. The normalized spacial score (nSPS) is 15.9. The lowest BCUT2D eigenvalue weighted by Crippen LogP contribution is -2.42. The maximum atomic E-state index is 13.3. The predicted molar refractivity (Wildman–Crippen MR) is 173 cm³/mol. The van der Waals surface area contributed by atoms with Crippen molar-refractivity contribution in [1.29, 1.82) is 0 Å². The van der Waals surface area contributed by atoms with Gasteiger partial charge in [0.2, 0.25) is 0 Å². The minimum Gasteiger partial charge on any atom is -0.462 e. The number of unbranched alkanes of at least 4 members (excludes halogenated alkanes) is 1. The fraction of sp³-hybridized carbons (Fsp3) is 0.618. The number of nitrogens with zero attached hydrogens (tertiary/aromatic N) is 6. The first-order chi connectivity index (χ1) is 21.6. The molecule has 1 saturated heterocycles. The Morgan fingerprint density at radius 1 is 1.05 bits per heavy atom. The monoisotopic (exact) mass is 607 g/mol. The van der Waals surface area contributed by atoms with Crippen molar-refractivity contribution < 1.29 is 14.3 Å². The predicted octanol–water partition coefficient (Wildman–Crippen LogP) is 4.81. The molecule has 0 radical (unpaired) electrons. The van der Waals surface area contributed by atoms with Crippen LogP contribution >= 0.6 is 0 Å². The molecule has 1 fully saturated rings. The largest absolute Gasteiger partial charge is 0.462 e. The van der Waals surface area contributed by atoms with Gasteiger partial charge in [0, 0.05) is 51.0 Å². The van der Waals surface area contributed by atoms with Crippen LogP contribution in [0.2, 0.25) is 0 Å². The first kappa shape index (κ1) is 33.8. The number of H-pyrrole nitrogens is 1. The second-order valence-electron chi connectivity index (χ2n) is 11.9. The molecule has 0 aliphatic carbocycles. The summed E-state index contributed by atoms with van der Waals surface area (Å²) in [6.07, 6.45) is 13.9. The van der Waals surface area contributed by atoms with Crippen molar-refractivity contribution in [3.8, 4) is 0 Å². The van der Waals surface area contributed by atoms with Gasteiger partial charge < -0.3 is 23.9 Å². The number of rotatable bonds is 21. The van der Waals surface area contributed by atoms with Crippen molar-refractivity contribution in [2.75, 3.05) is 52.5 Å². The van der Waals surface area contributed by atoms with Gasteiger partial charge in [0.25, 0.3) is 0 Å². The highest BCUT2D eigenvalue weighted by Gasteiger charge is 2.27. The summed E-state index contributed by atoms with van der Waals surface area (Å²) in [5.41, 5.74) is 1.18. The molecule has 3 heterocycles. The van der Waals surface area contributed by atoms with E-state index in [4.69, 9.17) is 9.47 Å². The second kappa shape index (κ2) is 18.7. The topological polar surface area (TPSA) is 91.8 Å². The molecule has 0 saturated carbocycles. The van der Waals surface area contributed by atoms with Crippen LogP contribution in [0.4, 0.5) is 0 Å². The van der Waals surface area contributed by atoms with Gasteiger partial charge in [-0.05, 0) is 70.3 Å². The number of aryl methyl sites for hydroxylation is 1.